The maximum Gasteiger partial charge on any atom is 0.253 e. The van der Waals surface area contributed by atoms with E-state index in [4.69, 9.17) is 0 Å². The van der Waals surface area contributed by atoms with Crippen LogP contribution < -0.4 is 5.32 Å². The first-order valence-electron chi connectivity index (χ1n) is 7.59. The molecule has 0 bridgehead atoms. The van der Waals surface area contributed by atoms with Gasteiger partial charge in [-0.05, 0) is 43.5 Å². The SMILES string of the molecule is Cc1ccc(CCNc2cc(C(=O)N(C)C)ccc2C)cc1. The zero-order valence-electron chi connectivity index (χ0n) is 13.8. The van der Waals surface area contributed by atoms with Gasteiger partial charge in [0.2, 0.25) is 0 Å². The number of amides is 1. The molecule has 1 amide bonds. The minimum Gasteiger partial charge on any atom is -0.384 e. The molecule has 0 saturated carbocycles. The van der Waals surface area contributed by atoms with Crippen LogP contribution in [-0.2, 0) is 6.42 Å². The van der Waals surface area contributed by atoms with E-state index in [0.717, 1.165) is 24.2 Å². The zero-order valence-corrected chi connectivity index (χ0v) is 13.8. The van der Waals surface area contributed by atoms with E-state index in [0.29, 0.717) is 5.56 Å². The number of carbonyl (C=O) groups excluding carboxylic acids is 1. The molecular formula is C19H24N2O. The van der Waals surface area contributed by atoms with E-state index in [1.54, 1.807) is 19.0 Å². The summed E-state index contributed by atoms with van der Waals surface area (Å²) >= 11 is 0. The Balaban J connectivity index is 2.01. The summed E-state index contributed by atoms with van der Waals surface area (Å²) in [6, 6.07) is 14.4. The molecule has 0 atom stereocenters. The lowest BCUT2D eigenvalue weighted by molar-refractivity contribution is 0.0827. The van der Waals surface area contributed by atoms with E-state index in [2.05, 4.69) is 43.4 Å². The van der Waals surface area contributed by atoms with Crippen LogP contribution >= 0.6 is 0 Å². The molecule has 2 aromatic carbocycles. The molecule has 0 aliphatic rings. The molecule has 0 aromatic heterocycles. The molecule has 0 radical (unpaired) electrons. The zero-order chi connectivity index (χ0) is 16.1. The minimum absolute atomic E-state index is 0.0292. The first-order valence-corrected chi connectivity index (χ1v) is 7.59. The first kappa shape index (κ1) is 16.1. The maximum atomic E-state index is 12.0. The second kappa shape index (κ2) is 7.12. The highest BCUT2D eigenvalue weighted by Crippen LogP contribution is 2.18. The topological polar surface area (TPSA) is 32.3 Å². The Bertz CT molecular complexity index is 645. The number of hydrogen-bond acceptors (Lipinski definition) is 2. The number of nitrogens with one attached hydrogen (secondary N) is 1. The van der Waals surface area contributed by atoms with Gasteiger partial charge in [-0.25, -0.2) is 0 Å². The van der Waals surface area contributed by atoms with Crippen LogP contribution in [0.1, 0.15) is 27.0 Å². The van der Waals surface area contributed by atoms with Crippen molar-refractivity contribution in [2.45, 2.75) is 20.3 Å². The average molecular weight is 296 g/mol. The van der Waals surface area contributed by atoms with E-state index < -0.39 is 0 Å². The quantitative estimate of drug-likeness (QED) is 0.913. The summed E-state index contributed by atoms with van der Waals surface area (Å²) in [4.78, 5) is 13.6. The van der Waals surface area contributed by atoms with Gasteiger partial charge in [0.05, 0.1) is 0 Å². The minimum atomic E-state index is 0.0292. The van der Waals surface area contributed by atoms with Crippen LogP contribution in [0.15, 0.2) is 42.5 Å². The van der Waals surface area contributed by atoms with Crippen LogP contribution in [0.2, 0.25) is 0 Å². The fourth-order valence-electron chi connectivity index (χ4n) is 2.30. The van der Waals surface area contributed by atoms with Crippen LogP contribution in [0.3, 0.4) is 0 Å². The fourth-order valence-corrected chi connectivity index (χ4v) is 2.30. The summed E-state index contributed by atoms with van der Waals surface area (Å²) in [5.41, 5.74) is 5.49. The molecule has 0 fully saturated rings. The molecule has 0 aliphatic heterocycles. The van der Waals surface area contributed by atoms with Gasteiger partial charge in [-0.15, -0.1) is 0 Å². The van der Waals surface area contributed by atoms with Crippen molar-refractivity contribution in [2.24, 2.45) is 0 Å². The van der Waals surface area contributed by atoms with Gasteiger partial charge in [-0.1, -0.05) is 35.9 Å². The van der Waals surface area contributed by atoms with Gasteiger partial charge in [0.1, 0.15) is 0 Å². The second-order valence-electron chi connectivity index (χ2n) is 5.89. The van der Waals surface area contributed by atoms with Crippen LogP contribution in [0.25, 0.3) is 0 Å². The second-order valence-corrected chi connectivity index (χ2v) is 5.89. The predicted octanol–water partition coefficient (Wildman–Crippen LogP) is 3.66. The molecule has 1 N–H and O–H groups in total. The van der Waals surface area contributed by atoms with E-state index in [1.165, 1.54) is 11.1 Å². The lowest BCUT2D eigenvalue weighted by Crippen LogP contribution is -2.21. The number of carbonyl (C=O) groups is 1. The lowest BCUT2D eigenvalue weighted by Gasteiger charge is -2.14. The monoisotopic (exact) mass is 296 g/mol. The van der Waals surface area contributed by atoms with E-state index in [-0.39, 0.29) is 5.91 Å². The number of anilines is 1. The molecule has 0 aliphatic carbocycles. The summed E-state index contributed by atoms with van der Waals surface area (Å²) in [7, 11) is 3.54. The first-order chi connectivity index (χ1) is 10.5. The number of hydrogen-bond donors (Lipinski definition) is 1. The molecule has 0 heterocycles. The Morgan fingerprint density at radius 1 is 1.05 bits per heavy atom. The van der Waals surface area contributed by atoms with Crippen LogP contribution in [-0.4, -0.2) is 31.4 Å². The predicted molar refractivity (Wildman–Crippen MR) is 92.6 cm³/mol. The van der Waals surface area contributed by atoms with Crippen molar-refractivity contribution >= 4 is 11.6 Å². The molecular weight excluding hydrogens is 272 g/mol. The summed E-state index contributed by atoms with van der Waals surface area (Å²) in [5.74, 6) is 0.0292. The third-order valence-electron chi connectivity index (χ3n) is 3.74. The Morgan fingerprint density at radius 2 is 1.73 bits per heavy atom. The molecule has 2 rings (SSSR count). The number of aryl methyl sites for hydroxylation is 2. The van der Waals surface area contributed by atoms with Gasteiger partial charge < -0.3 is 10.2 Å². The van der Waals surface area contributed by atoms with Crippen molar-refractivity contribution in [3.8, 4) is 0 Å². The molecule has 2 aromatic rings. The Kier molecular flexibility index (Phi) is 5.21. The van der Waals surface area contributed by atoms with Gasteiger partial charge in [-0.2, -0.15) is 0 Å². The maximum absolute atomic E-state index is 12.0. The molecule has 0 unspecified atom stereocenters. The molecule has 0 spiro atoms. The smallest absolute Gasteiger partial charge is 0.253 e. The average Bonchev–Trinajstić information content (AvgIpc) is 2.50. The summed E-state index contributed by atoms with van der Waals surface area (Å²) in [5, 5.41) is 3.44. The van der Waals surface area contributed by atoms with Gasteiger partial charge in [0, 0.05) is 31.9 Å². The highest BCUT2D eigenvalue weighted by atomic mass is 16.2. The normalized spacial score (nSPS) is 10.4. The van der Waals surface area contributed by atoms with Crippen molar-refractivity contribution in [1.29, 1.82) is 0 Å². The third-order valence-corrected chi connectivity index (χ3v) is 3.74. The summed E-state index contributed by atoms with van der Waals surface area (Å²) in [6.45, 7) is 5.00. The molecule has 3 nitrogen and oxygen atoms in total. The van der Waals surface area contributed by atoms with Crippen molar-refractivity contribution in [2.75, 3.05) is 26.0 Å². The number of nitrogens with zero attached hydrogens (tertiary/aromatic N) is 1. The molecule has 0 saturated heterocycles. The van der Waals surface area contributed by atoms with Gasteiger partial charge in [-0.3, -0.25) is 4.79 Å². The van der Waals surface area contributed by atoms with Crippen molar-refractivity contribution < 1.29 is 4.79 Å². The van der Waals surface area contributed by atoms with Crippen LogP contribution in [0, 0.1) is 13.8 Å². The standard InChI is InChI=1S/C19H24N2O/c1-14-5-8-16(9-6-14)11-12-20-18-13-17(10-7-15(18)2)19(22)21(3)4/h5-10,13,20H,11-12H2,1-4H3. The van der Waals surface area contributed by atoms with Crippen molar-refractivity contribution in [3.63, 3.8) is 0 Å². The van der Waals surface area contributed by atoms with E-state index >= 15 is 0 Å². The summed E-state index contributed by atoms with van der Waals surface area (Å²) in [6.07, 6.45) is 0.964. The molecule has 116 valence electrons. The van der Waals surface area contributed by atoms with Crippen molar-refractivity contribution in [1.82, 2.24) is 4.90 Å². The Hall–Kier alpha value is -2.29. The Morgan fingerprint density at radius 3 is 2.36 bits per heavy atom. The number of benzene rings is 2. The number of rotatable bonds is 5. The summed E-state index contributed by atoms with van der Waals surface area (Å²) < 4.78 is 0. The molecule has 3 heteroatoms. The van der Waals surface area contributed by atoms with Crippen LogP contribution in [0.5, 0.6) is 0 Å². The highest BCUT2D eigenvalue weighted by molar-refractivity contribution is 5.95. The van der Waals surface area contributed by atoms with Crippen LogP contribution in [0.4, 0.5) is 5.69 Å². The van der Waals surface area contributed by atoms with E-state index in [9.17, 15) is 4.79 Å². The van der Waals surface area contributed by atoms with Crippen molar-refractivity contribution in [3.05, 3.63) is 64.7 Å². The molecule has 22 heavy (non-hydrogen) atoms. The highest BCUT2D eigenvalue weighted by Gasteiger charge is 2.09. The van der Waals surface area contributed by atoms with E-state index in [1.807, 2.05) is 18.2 Å². The fraction of sp³-hybridized carbons (Fsp3) is 0.316. The third kappa shape index (κ3) is 4.10. The largest absolute Gasteiger partial charge is 0.384 e. The lowest BCUT2D eigenvalue weighted by atomic mass is 10.1. The van der Waals surface area contributed by atoms with Gasteiger partial charge >= 0.3 is 0 Å². The van der Waals surface area contributed by atoms with Gasteiger partial charge in [0.25, 0.3) is 5.91 Å². The Labute approximate surface area is 133 Å². The van der Waals surface area contributed by atoms with Gasteiger partial charge in [0.15, 0.2) is 0 Å².